The highest BCUT2D eigenvalue weighted by Gasteiger charge is 2.70. The number of allylic oxidation sites excluding steroid dienone is 2. The van der Waals surface area contributed by atoms with Crippen LogP contribution in [-0.2, 0) is 33.4 Å². The fourth-order valence-electron chi connectivity index (χ4n) is 11.3. The van der Waals surface area contributed by atoms with E-state index < -0.39 is 16.2 Å². The van der Waals surface area contributed by atoms with Crippen LogP contribution in [0.25, 0.3) is 0 Å². The molecule has 5 aliphatic rings. The monoisotopic (exact) mass is 584 g/mol. The fourth-order valence-corrected chi connectivity index (χ4v) is 11.3. The van der Waals surface area contributed by atoms with Crippen LogP contribution in [0, 0.1) is 50.2 Å². The van der Waals surface area contributed by atoms with Gasteiger partial charge in [-0.15, -0.1) is 0 Å². The van der Waals surface area contributed by atoms with Crippen LogP contribution in [0.15, 0.2) is 11.6 Å². The molecule has 0 heterocycles. The zero-order valence-corrected chi connectivity index (χ0v) is 27.3. The first-order valence-corrected chi connectivity index (χ1v) is 16.0. The molecule has 42 heavy (non-hydrogen) atoms. The van der Waals surface area contributed by atoms with Gasteiger partial charge >= 0.3 is 17.9 Å². The van der Waals surface area contributed by atoms with Gasteiger partial charge in [-0.3, -0.25) is 19.2 Å². The Morgan fingerprint density at radius 1 is 0.905 bits per heavy atom. The number of rotatable bonds is 4. The predicted molar refractivity (Wildman–Crippen MR) is 158 cm³/mol. The Balaban J connectivity index is 1.55. The molecule has 0 spiro atoms. The van der Waals surface area contributed by atoms with E-state index in [0.717, 1.165) is 44.9 Å². The lowest BCUT2D eigenvalue weighted by molar-refractivity contribution is -0.225. The van der Waals surface area contributed by atoms with Gasteiger partial charge in [-0.25, -0.2) is 0 Å². The summed E-state index contributed by atoms with van der Waals surface area (Å²) < 4.78 is 16.8. The second kappa shape index (κ2) is 9.92. The molecule has 0 radical (unpaired) electrons. The number of carbonyl (C=O) groups excluding carboxylic acids is 4. The zero-order chi connectivity index (χ0) is 31.1. The maximum atomic E-state index is 13.7. The number of Topliss-reactive ketones (excluding diaryl/α,β-unsaturated/α-hetero) is 1. The summed E-state index contributed by atoms with van der Waals surface area (Å²) >= 11 is 0. The highest BCUT2D eigenvalue weighted by atomic mass is 16.6. The number of methoxy groups -OCH3 is 1. The molecule has 0 aromatic heterocycles. The number of hydrogen-bond acceptors (Lipinski definition) is 7. The summed E-state index contributed by atoms with van der Waals surface area (Å²) in [5.41, 5.74) is -0.466. The quantitative estimate of drug-likeness (QED) is 0.208. The summed E-state index contributed by atoms with van der Waals surface area (Å²) in [6.45, 7) is 16.7. The fraction of sp³-hybridized carbons (Fsp3) is 0.829. The van der Waals surface area contributed by atoms with Gasteiger partial charge in [0.25, 0.3) is 0 Å². The van der Waals surface area contributed by atoms with Gasteiger partial charge in [0, 0.05) is 31.1 Å². The molecule has 234 valence electrons. The SMILES string of the molecule is COC(=O)[C@]1(C)CC(=O)[C@]2(C)CC[C@]3(C)C(=CC[C@@H]4[C@@]5(C)CC[C@H](OC(C)=O)[C@](C)(COC(C)=O)[C@@H]5CC[C@]43C)[C@@H]2C1. The van der Waals surface area contributed by atoms with E-state index in [9.17, 15) is 19.2 Å². The van der Waals surface area contributed by atoms with Crippen LogP contribution in [0.2, 0.25) is 0 Å². The van der Waals surface area contributed by atoms with Gasteiger partial charge in [0.15, 0.2) is 0 Å². The molecule has 4 saturated carbocycles. The number of carbonyl (C=O) groups is 4. The van der Waals surface area contributed by atoms with Gasteiger partial charge in [-0.05, 0) is 92.3 Å². The number of ether oxygens (including phenoxy) is 3. The summed E-state index contributed by atoms with van der Waals surface area (Å²) in [5.74, 6) is -0.0383. The van der Waals surface area contributed by atoms with Crippen molar-refractivity contribution < 1.29 is 33.4 Å². The lowest BCUT2D eigenvalue weighted by Gasteiger charge is -2.71. The third-order valence-electron chi connectivity index (χ3n) is 14.0. The molecule has 5 aliphatic carbocycles. The zero-order valence-electron chi connectivity index (χ0n) is 27.3. The third kappa shape index (κ3) is 4.17. The molecule has 4 fully saturated rings. The minimum Gasteiger partial charge on any atom is -0.469 e. The molecule has 7 heteroatoms. The van der Waals surface area contributed by atoms with E-state index in [-0.39, 0.29) is 70.9 Å². The van der Waals surface area contributed by atoms with Crippen LogP contribution in [-0.4, -0.2) is 43.5 Å². The molecule has 0 aromatic carbocycles. The predicted octanol–water partition coefficient (Wildman–Crippen LogP) is 6.62. The average molecular weight is 585 g/mol. The third-order valence-corrected chi connectivity index (χ3v) is 14.0. The van der Waals surface area contributed by atoms with Gasteiger partial charge in [0.1, 0.15) is 18.5 Å². The van der Waals surface area contributed by atoms with E-state index in [1.165, 1.54) is 26.5 Å². The van der Waals surface area contributed by atoms with Gasteiger partial charge in [-0.1, -0.05) is 46.3 Å². The lowest BCUT2D eigenvalue weighted by Crippen LogP contribution is -2.66. The van der Waals surface area contributed by atoms with Crippen molar-refractivity contribution in [3.05, 3.63) is 11.6 Å². The second-order valence-corrected chi connectivity index (χ2v) is 16.0. The van der Waals surface area contributed by atoms with Crippen molar-refractivity contribution in [1.82, 2.24) is 0 Å². The molecule has 0 amide bonds. The largest absolute Gasteiger partial charge is 0.469 e. The van der Waals surface area contributed by atoms with Crippen molar-refractivity contribution in [1.29, 1.82) is 0 Å². The van der Waals surface area contributed by atoms with E-state index >= 15 is 0 Å². The Morgan fingerprint density at radius 2 is 1.60 bits per heavy atom. The summed E-state index contributed by atoms with van der Waals surface area (Å²) in [5, 5.41) is 0. The number of hydrogen-bond donors (Lipinski definition) is 0. The Hall–Kier alpha value is -2.18. The minimum atomic E-state index is -0.801. The van der Waals surface area contributed by atoms with Crippen molar-refractivity contribution >= 4 is 23.7 Å². The molecule has 0 N–H and O–H groups in total. The van der Waals surface area contributed by atoms with Crippen molar-refractivity contribution in [2.75, 3.05) is 13.7 Å². The summed E-state index contributed by atoms with van der Waals surface area (Å²) in [4.78, 5) is 50.8. The number of esters is 3. The molecule has 5 rings (SSSR count). The van der Waals surface area contributed by atoms with Crippen LogP contribution in [0.1, 0.15) is 113 Å². The lowest BCUT2D eigenvalue weighted by atomic mass is 9.33. The van der Waals surface area contributed by atoms with Gasteiger partial charge in [-0.2, -0.15) is 0 Å². The smallest absolute Gasteiger partial charge is 0.311 e. The van der Waals surface area contributed by atoms with Crippen molar-refractivity contribution in [2.45, 2.75) is 119 Å². The first-order valence-electron chi connectivity index (χ1n) is 16.0. The van der Waals surface area contributed by atoms with E-state index in [1.54, 1.807) is 0 Å². The van der Waals surface area contributed by atoms with Gasteiger partial charge < -0.3 is 14.2 Å². The molecule has 7 nitrogen and oxygen atoms in total. The molecule has 10 atom stereocenters. The molecule has 0 unspecified atom stereocenters. The van der Waals surface area contributed by atoms with Gasteiger partial charge in [0.05, 0.1) is 12.5 Å². The van der Waals surface area contributed by atoms with Gasteiger partial charge in [0.2, 0.25) is 0 Å². The van der Waals surface area contributed by atoms with Crippen LogP contribution in [0.4, 0.5) is 0 Å². The highest BCUT2D eigenvalue weighted by molar-refractivity contribution is 5.92. The van der Waals surface area contributed by atoms with Crippen LogP contribution >= 0.6 is 0 Å². The summed E-state index contributed by atoms with van der Waals surface area (Å²) in [7, 11) is 1.42. The topological polar surface area (TPSA) is 96.0 Å². The first kappa shape index (κ1) is 31.3. The maximum absolute atomic E-state index is 13.7. The minimum absolute atomic E-state index is 0.00242. The molecular weight excluding hydrogens is 532 g/mol. The standard InChI is InChI=1S/C35H52O7/c1-21(36)41-20-33(6)25-12-15-35(8)26(32(25,5)14-13-28(33)42-22(2)37)11-10-23-24-18-30(3,29(39)40-9)19-27(38)31(24,4)16-17-34(23,35)7/h10,24-26,28H,11-20H2,1-9H3/t24-,25+,26+,28-,30-,31+,32-,33+,34+,35+/m0/s1. The van der Waals surface area contributed by atoms with Crippen LogP contribution in [0.3, 0.4) is 0 Å². The molecule has 0 aliphatic heterocycles. The average Bonchev–Trinajstić information content (AvgIpc) is 2.90. The Bertz CT molecular complexity index is 1220. The molecular formula is C35H52O7. The summed E-state index contributed by atoms with van der Waals surface area (Å²) in [6, 6.07) is 0. The first-order chi connectivity index (χ1) is 19.4. The van der Waals surface area contributed by atoms with E-state index in [0.29, 0.717) is 12.3 Å². The Kier molecular flexibility index (Phi) is 7.38. The van der Waals surface area contributed by atoms with Crippen molar-refractivity contribution in [3.8, 4) is 0 Å². The maximum Gasteiger partial charge on any atom is 0.311 e. The van der Waals surface area contributed by atoms with Crippen LogP contribution < -0.4 is 0 Å². The van der Waals surface area contributed by atoms with Crippen LogP contribution in [0.5, 0.6) is 0 Å². The highest BCUT2D eigenvalue weighted by Crippen LogP contribution is 2.75. The summed E-state index contributed by atoms with van der Waals surface area (Å²) in [6.07, 6.45) is 9.46. The van der Waals surface area contributed by atoms with E-state index in [2.05, 4.69) is 40.7 Å². The van der Waals surface area contributed by atoms with Crippen molar-refractivity contribution in [2.24, 2.45) is 50.2 Å². The molecule has 0 aromatic rings. The Morgan fingerprint density at radius 3 is 2.21 bits per heavy atom. The number of fused-ring (bicyclic) bond motifs is 7. The molecule has 0 bridgehead atoms. The van der Waals surface area contributed by atoms with Crippen molar-refractivity contribution in [3.63, 3.8) is 0 Å². The van der Waals surface area contributed by atoms with E-state index in [1.807, 2.05) is 6.92 Å². The van der Waals surface area contributed by atoms with E-state index in [4.69, 9.17) is 14.2 Å². The molecule has 0 saturated heterocycles. The Labute approximate surface area is 251 Å². The second-order valence-electron chi connectivity index (χ2n) is 16.0. The normalized spacial score (nSPS) is 47.9. The number of ketones is 1.